The molecule has 2 fully saturated rings. The lowest BCUT2D eigenvalue weighted by molar-refractivity contribution is -0.286. The largest absolute Gasteiger partial charge is 0.443 e. The number of methoxy groups -OCH3 is 1. The van der Waals surface area contributed by atoms with E-state index in [1.807, 2.05) is 37.4 Å². The minimum Gasteiger partial charge on any atom is -0.443 e. The van der Waals surface area contributed by atoms with Gasteiger partial charge in [0.25, 0.3) is 5.91 Å². The van der Waals surface area contributed by atoms with Gasteiger partial charge in [-0.15, -0.1) is 0 Å². The van der Waals surface area contributed by atoms with Crippen LogP contribution in [0.4, 0.5) is 4.79 Å². The second-order valence-corrected chi connectivity index (χ2v) is 10.8. The third-order valence-corrected chi connectivity index (χ3v) is 7.26. The average molecular weight is 572 g/mol. The van der Waals surface area contributed by atoms with Crippen LogP contribution in [0.3, 0.4) is 0 Å². The summed E-state index contributed by atoms with van der Waals surface area (Å²) in [5.41, 5.74) is 3.07. The third kappa shape index (κ3) is 7.82. The van der Waals surface area contributed by atoms with Gasteiger partial charge in [0.2, 0.25) is 0 Å². The van der Waals surface area contributed by atoms with Crippen molar-refractivity contribution < 1.29 is 38.4 Å². The van der Waals surface area contributed by atoms with Crippen molar-refractivity contribution in [2.75, 3.05) is 40.5 Å². The van der Waals surface area contributed by atoms with Gasteiger partial charge in [0.15, 0.2) is 18.3 Å². The molecule has 11 heteroatoms. The molecule has 224 valence electrons. The zero-order valence-corrected chi connectivity index (χ0v) is 24.1. The normalized spacial score (nSPS) is 22.2. The number of aliphatic hydroxyl groups is 2. The summed E-state index contributed by atoms with van der Waals surface area (Å²) in [6, 6.07) is 14.7. The maximum Gasteiger partial charge on any atom is 0.407 e. The smallest absolute Gasteiger partial charge is 0.407 e. The van der Waals surface area contributed by atoms with Crippen molar-refractivity contribution in [3.05, 3.63) is 66.1 Å². The molecular weight excluding hydrogens is 530 g/mol. The molecule has 0 saturated carbocycles. The molecule has 1 amide bonds. The summed E-state index contributed by atoms with van der Waals surface area (Å²) >= 11 is 0. The Balaban J connectivity index is 0.000000191. The number of carbonyl (C=O) groups excluding carboxylic acids is 1. The number of carbonyl (C=O) groups is 1. The van der Waals surface area contributed by atoms with Gasteiger partial charge in [-0.1, -0.05) is 44.2 Å². The van der Waals surface area contributed by atoms with Crippen molar-refractivity contribution >= 4 is 17.2 Å². The number of aliphatic hydroxyl groups excluding tert-OH is 1. The van der Waals surface area contributed by atoms with Crippen LogP contribution in [0.15, 0.2) is 59.3 Å². The summed E-state index contributed by atoms with van der Waals surface area (Å²) in [4.78, 5) is 17.8. The van der Waals surface area contributed by atoms with Crippen LogP contribution in [0.25, 0.3) is 11.1 Å². The molecule has 5 unspecified atom stereocenters. The van der Waals surface area contributed by atoms with E-state index in [0.29, 0.717) is 43.2 Å². The molecule has 11 nitrogen and oxygen atoms in total. The number of benzene rings is 2. The highest BCUT2D eigenvalue weighted by molar-refractivity contribution is 5.73. The molecule has 5 atom stereocenters. The molecule has 0 radical (unpaired) electrons. The summed E-state index contributed by atoms with van der Waals surface area (Å²) in [5.74, 6) is -0.932. The lowest BCUT2D eigenvalue weighted by Crippen LogP contribution is -2.46. The highest BCUT2D eigenvalue weighted by Gasteiger charge is 2.44. The van der Waals surface area contributed by atoms with Crippen LogP contribution in [0.5, 0.6) is 0 Å². The number of nitrogens with one attached hydrogen (secondary N) is 1. The minimum absolute atomic E-state index is 0.118. The number of hydrogen-bond acceptors (Lipinski definition) is 10. The van der Waals surface area contributed by atoms with E-state index in [2.05, 4.69) is 24.1 Å². The maximum atomic E-state index is 12.0. The van der Waals surface area contributed by atoms with Crippen LogP contribution in [0, 0.1) is 11.8 Å². The van der Waals surface area contributed by atoms with Crippen LogP contribution in [0.1, 0.15) is 31.4 Å². The van der Waals surface area contributed by atoms with Gasteiger partial charge in [-0.2, -0.15) is 0 Å². The van der Waals surface area contributed by atoms with Crippen molar-refractivity contribution in [2.45, 2.75) is 51.0 Å². The molecule has 2 aromatic carbocycles. The SMILES string of the molecule is COC(O)(c1ccc2ncoc2c1)N(C)CC(C)C.O=C(NC(CO)Cc1ccccc1)OC1COC2OCCC12. The summed E-state index contributed by atoms with van der Waals surface area (Å²) in [5, 5.41) is 22.9. The minimum atomic E-state index is -1.47. The third-order valence-electron chi connectivity index (χ3n) is 7.26. The second-order valence-electron chi connectivity index (χ2n) is 10.8. The topological polar surface area (TPSA) is 136 Å². The van der Waals surface area contributed by atoms with Crippen molar-refractivity contribution in [1.29, 1.82) is 0 Å². The van der Waals surface area contributed by atoms with Crippen molar-refractivity contribution in [3.8, 4) is 0 Å². The van der Waals surface area contributed by atoms with Gasteiger partial charge in [0, 0.05) is 19.2 Å². The summed E-state index contributed by atoms with van der Waals surface area (Å²) in [7, 11) is 3.31. The monoisotopic (exact) mass is 571 g/mol. The van der Waals surface area contributed by atoms with E-state index >= 15 is 0 Å². The van der Waals surface area contributed by atoms with Crippen molar-refractivity contribution in [1.82, 2.24) is 15.2 Å². The Morgan fingerprint density at radius 3 is 2.71 bits per heavy atom. The van der Waals surface area contributed by atoms with E-state index in [-0.39, 0.29) is 31.0 Å². The summed E-state index contributed by atoms with van der Waals surface area (Å²) in [6.07, 6.45) is 1.76. The first-order chi connectivity index (χ1) is 19.7. The van der Waals surface area contributed by atoms with Crippen LogP contribution in [0.2, 0.25) is 0 Å². The van der Waals surface area contributed by atoms with Gasteiger partial charge in [-0.25, -0.2) is 9.78 Å². The molecule has 0 spiro atoms. The van der Waals surface area contributed by atoms with E-state index < -0.39 is 12.0 Å². The number of oxazole rings is 1. The fourth-order valence-electron chi connectivity index (χ4n) is 5.17. The molecule has 3 heterocycles. The summed E-state index contributed by atoms with van der Waals surface area (Å²) in [6.45, 7) is 5.76. The Morgan fingerprint density at radius 2 is 2.00 bits per heavy atom. The molecule has 2 aliphatic rings. The number of alkyl carbamates (subject to hydrolysis) is 1. The van der Waals surface area contributed by atoms with Gasteiger partial charge in [0.1, 0.15) is 11.6 Å². The van der Waals surface area contributed by atoms with Crippen LogP contribution >= 0.6 is 0 Å². The molecular formula is C30H41N3O8. The lowest BCUT2D eigenvalue weighted by Gasteiger charge is -2.36. The molecule has 3 aromatic rings. The number of fused-ring (bicyclic) bond motifs is 2. The van der Waals surface area contributed by atoms with Gasteiger partial charge >= 0.3 is 6.09 Å². The molecule has 5 rings (SSSR count). The van der Waals surface area contributed by atoms with Crippen LogP contribution in [-0.2, 0) is 31.3 Å². The first-order valence-electron chi connectivity index (χ1n) is 13.9. The standard InChI is InChI=1S/C16H21NO5.C14H20N2O3/c18-9-12(8-11-4-2-1-3-5-11)17-16(19)22-14-10-21-15-13(14)6-7-20-15;1-10(2)8-16(3)14(17,18-4)11-5-6-12-13(7-11)19-9-15-12/h1-5,12-15,18H,6-10H2,(H,17,19);5-7,9-10,17H,8H2,1-4H3. The number of rotatable bonds is 10. The first kappa shape index (κ1) is 30.9. The van der Waals surface area contributed by atoms with Crippen molar-refractivity contribution in [2.24, 2.45) is 11.8 Å². The fraction of sp³-hybridized carbons (Fsp3) is 0.533. The second kappa shape index (κ2) is 14.2. The number of hydrogen-bond donors (Lipinski definition) is 3. The molecule has 1 aromatic heterocycles. The predicted octanol–water partition coefficient (Wildman–Crippen LogP) is 3.24. The van der Waals surface area contributed by atoms with Gasteiger partial charge in [-0.05, 0) is 49.6 Å². The Labute approximate surface area is 240 Å². The van der Waals surface area contributed by atoms with Gasteiger partial charge in [0.05, 0.1) is 31.8 Å². The highest BCUT2D eigenvalue weighted by Crippen LogP contribution is 2.33. The Hall–Kier alpha value is -3.06. The van der Waals surface area contributed by atoms with Crippen molar-refractivity contribution in [3.63, 3.8) is 0 Å². The predicted molar refractivity (Wildman–Crippen MR) is 151 cm³/mol. The van der Waals surface area contributed by atoms with Gasteiger partial charge < -0.3 is 38.9 Å². The van der Waals surface area contributed by atoms with E-state index in [9.17, 15) is 15.0 Å². The molecule has 2 saturated heterocycles. The summed E-state index contributed by atoms with van der Waals surface area (Å²) < 4.78 is 26.9. The fourth-order valence-corrected chi connectivity index (χ4v) is 5.17. The number of nitrogens with zero attached hydrogens (tertiary/aromatic N) is 2. The van der Waals surface area contributed by atoms with E-state index in [0.717, 1.165) is 17.5 Å². The van der Waals surface area contributed by atoms with Gasteiger partial charge in [-0.3, -0.25) is 4.90 Å². The van der Waals surface area contributed by atoms with E-state index in [4.69, 9.17) is 23.4 Å². The first-order valence-corrected chi connectivity index (χ1v) is 13.9. The zero-order chi connectivity index (χ0) is 29.4. The maximum absolute atomic E-state index is 12.0. The lowest BCUT2D eigenvalue weighted by atomic mass is 10.0. The zero-order valence-electron chi connectivity index (χ0n) is 24.1. The average Bonchev–Trinajstić information content (AvgIpc) is 3.71. The van der Waals surface area contributed by atoms with Crippen LogP contribution in [-0.4, -0.2) is 85.1 Å². The Bertz CT molecular complexity index is 1240. The molecule has 2 aliphatic heterocycles. The Kier molecular flexibility index (Phi) is 10.7. The number of ether oxygens (including phenoxy) is 4. The number of aromatic nitrogens is 1. The molecule has 3 N–H and O–H groups in total. The molecule has 41 heavy (non-hydrogen) atoms. The molecule has 0 aliphatic carbocycles. The number of amides is 1. The molecule has 0 bridgehead atoms. The Morgan fingerprint density at radius 1 is 1.22 bits per heavy atom. The highest BCUT2D eigenvalue weighted by atomic mass is 16.7. The van der Waals surface area contributed by atoms with Crippen LogP contribution < -0.4 is 5.32 Å². The van der Waals surface area contributed by atoms with E-state index in [1.54, 1.807) is 23.1 Å². The van der Waals surface area contributed by atoms with E-state index in [1.165, 1.54) is 13.5 Å². The quantitative estimate of drug-likeness (QED) is 0.311.